The lowest BCUT2D eigenvalue weighted by Gasteiger charge is -2.17. The maximum atomic E-state index is 12.6. The summed E-state index contributed by atoms with van der Waals surface area (Å²) in [6.45, 7) is 2.29. The van der Waals surface area contributed by atoms with Crippen LogP contribution in [0.3, 0.4) is 0 Å². The quantitative estimate of drug-likeness (QED) is 0.502. The van der Waals surface area contributed by atoms with Crippen molar-refractivity contribution in [2.24, 2.45) is 0 Å². The van der Waals surface area contributed by atoms with Gasteiger partial charge in [0.25, 0.3) is 11.6 Å². The number of non-ortho nitro benzene ring substituents is 1. The van der Waals surface area contributed by atoms with Crippen molar-refractivity contribution in [3.05, 3.63) is 74.1 Å². The van der Waals surface area contributed by atoms with Gasteiger partial charge in [0.2, 0.25) is 0 Å². The summed E-state index contributed by atoms with van der Waals surface area (Å²) in [5.74, 6) is -0.355. The Morgan fingerprint density at radius 2 is 1.93 bits per heavy atom. The van der Waals surface area contributed by atoms with Gasteiger partial charge in [0.1, 0.15) is 0 Å². The number of anilines is 1. The minimum absolute atomic E-state index is 0.112. The van der Waals surface area contributed by atoms with Gasteiger partial charge < -0.3 is 10.2 Å². The molecule has 0 bridgehead atoms. The summed E-state index contributed by atoms with van der Waals surface area (Å²) in [7, 11) is 3.58. The molecule has 0 aliphatic carbocycles. The summed E-state index contributed by atoms with van der Waals surface area (Å²) < 4.78 is 0. The van der Waals surface area contributed by atoms with E-state index in [1.807, 2.05) is 36.6 Å². The Kier molecular flexibility index (Phi) is 5.70. The van der Waals surface area contributed by atoms with Crippen LogP contribution in [0.15, 0.2) is 47.8 Å². The molecule has 0 radical (unpaired) electrons. The van der Waals surface area contributed by atoms with E-state index in [0.29, 0.717) is 12.2 Å². The normalized spacial score (nSPS) is 10.5. The highest BCUT2D eigenvalue weighted by atomic mass is 32.1. The van der Waals surface area contributed by atoms with E-state index in [4.69, 9.17) is 0 Å². The highest BCUT2D eigenvalue weighted by Gasteiger charge is 2.17. The Morgan fingerprint density at radius 1 is 1.21 bits per heavy atom. The lowest BCUT2D eigenvalue weighted by Crippen LogP contribution is -2.25. The summed E-state index contributed by atoms with van der Waals surface area (Å²) in [6, 6.07) is 12.1. The van der Waals surface area contributed by atoms with Crippen molar-refractivity contribution in [1.82, 2.24) is 10.3 Å². The number of nitro groups is 1. The smallest absolute Gasteiger partial charge is 0.270 e. The van der Waals surface area contributed by atoms with E-state index >= 15 is 0 Å². The molecule has 8 heteroatoms. The first-order valence-corrected chi connectivity index (χ1v) is 9.48. The SMILES string of the molecule is Cc1nc(-c2ccc(CNC(=O)c3cc([N+](=O)[O-])ccc3N(C)C)cc2)cs1. The van der Waals surface area contributed by atoms with Gasteiger partial charge in [-0.15, -0.1) is 11.3 Å². The number of nitrogens with one attached hydrogen (secondary N) is 1. The van der Waals surface area contributed by atoms with E-state index in [2.05, 4.69) is 10.3 Å². The second-order valence-electron chi connectivity index (χ2n) is 6.48. The molecule has 1 heterocycles. The molecule has 144 valence electrons. The number of benzene rings is 2. The van der Waals surface area contributed by atoms with Crippen LogP contribution in [0.2, 0.25) is 0 Å². The van der Waals surface area contributed by atoms with Gasteiger partial charge in [0.05, 0.1) is 21.2 Å². The molecule has 28 heavy (non-hydrogen) atoms. The molecule has 1 aromatic heterocycles. The number of hydrogen-bond donors (Lipinski definition) is 1. The molecular formula is C20H20N4O3S. The number of thiazole rings is 1. The lowest BCUT2D eigenvalue weighted by atomic mass is 10.1. The predicted octanol–water partition coefficient (Wildman–Crippen LogP) is 4.02. The standard InChI is InChI=1S/C20H20N4O3S/c1-13-22-18(12-28-13)15-6-4-14(5-7-15)11-21-20(25)17-10-16(24(26)27)8-9-19(17)23(2)3/h4-10,12H,11H2,1-3H3,(H,21,25). The van der Waals surface area contributed by atoms with Crippen LogP contribution in [-0.4, -0.2) is 29.9 Å². The fourth-order valence-corrected chi connectivity index (χ4v) is 3.40. The molecule has 0 unspecified atom stereocenters. The summed E-state index contributed by atoms with van der Waals surface area (Å²) in [5, 5.41) is 16.9. The molecule has 0 fully saturated rings. The molecule has 1 amide bonds. The fourth-order valence-electron chi connectivity index (χ4n) is 2.78. The van der Waals surface area contributed by atoms with Crippen molar-refractivity contribution >= 4 is 28.6 Å². The number of nitro benzene ring substituents is 1. The molecule has 0 aliphatic heterocycles. The van der Waals surface area contributed by atoms with E-state index in [9.17, 15) is 14.9 Å². The van der Waals surface area contributed by atoms with Crippen molar-refractivity contribution < 1.29 is 9.72 Å². The van der Waals surface area contributed by atoms with Crippen LogP contribution in [0, 0.1) is 17.0 Å². The van der Waals surface area contributed by atoms with Crippen molar-refractivity contribution in [2.75, 3.05) is 19.0 Å². The number of nitrogens with zero attached hydrogens (tertiary/aromatic N) is 3. The summed E-state index contributed by atoms with van der Waals surface area (Å²) in [4.78, 5) is 29.4. The first-order valence-electron chi connectivity index (χ1n) is 8.60. The number of aryl methyl sites for hydroxylation is 1. The molecule has 0 aliphatic rings. The molecule has 2 aromatic carbocycles. The van der Waals surface area contributed by atoms with Gasteiger partial charge in [-0.1, -0.05) is 24.3 Å². The van der Waals surface area contributed by atoms with E-state index in [0.717, 1.165) is 21.8 Å². The number of carbonyl (C=O) groups excluding carboxylic acids is 1. The van der Waals surface area contributed by atoms with Gasteiger partial charge in [-0.05, 0) is 18.6 Å². The summed E-state index contributed by atoms with van der Waals surface area (Å²) in [5.41, 5.74) is 3.67. The van der Waals surface area contributed by atoms with Crippen LogP contribution < -0.4 is 10.2 Å². The number of aromatic nitrogens is 1. The van der Waals surface area contributed by atoms with Gasteiger partial charge in [-0.25, -0.2) is 4.98 Å². The molecule has 3 rings (SSSR count). The van der Waals surface area contributed by atoms with E-state index in [1.54, 1.807) is 36.4 Å². The first-order chi connectivity index (χ1) is 13.3. The zero-order valence-corrected chi connectivity index (χ0v) is 16.6. The third kappa shape index (κ3) is 4.34. The zero-order chi connectivity index (χ0) is 20.3. The molecule has 0 saturated carbocycles. The van der Waals surface area contributed by atoms with Crippen LogP contribution in [0.1, 0.15) is 20.9 Å². The van der Waals surface area contributed by atoms with Crippen LogP contribution in [0.4, 0.5) is 11.4 Å². The van der Waals surface area contributed by atoms with Crippen molar-refractivity contribution in [3.63, 3.8) is 0 Å². The predicted molar refractivity (Wildman–Crippen MR) is 111 cm³/mol. The van der Waals surface area contributed by atoms with Gasteiger partial charge in [0, 0.05) is 49.4 Å². The number of carbonyl (C=O) groups is 1. The van der Waals surface area contributed by atoms with Crippen molar-refractivity contribution in [2.45, 2.75) is 13.5 Å². The topological polar surface area (TPSA) is 88.4 Å². The molecular weight excluding hydrogens is 376 g/mol. The fraction of sp³-hybridized carbons (Fsp3) is 0.200. The Morgan fingerprint density at radius 3 is 2.50 bits per heavy atom. The van der Waals surface area contributed by atoms with Crippen LogP contribution in [0.25, 0.3) is 11.3 Å². The van der Waals surface area contributed by atoms with E-state index < -0.39 is 4.92 Å². The van der Waals surface area contributed by atoms with E-state index in [-0.39, 0.29) is 17.2 Å². The molecule has 3 aromatic rings. The second-order valence-corrected chi connectivity index (χ2v) is 7.55. The number of rotatable bonds is 6. The minimum Gasteiger partial charge on any atom is -0.377 e. The molecule has 1 N–H and O–H groups in total. The van der Waals surface area contributed by atoms with Crippen LogP contribution in [0.5, 0.6) is 0 Å². The Balaban J connectivity index is 1.73. The number of hydrogen-bond acceptors (Lipinski definition) is 6. The minimum atomic E-state index is -0.505. The van der Waals surface area contributed by atoms with E-state index in [1.165, 1.54) is 12.1 Å². The van der Waals surface area contributed by atoms with Crippen molar-refractivity contribution in [1.29, 1.82) is 0 Å². The van der Waals surface area contributed by atoms with Gasteiger partial charge in [-0.3, -0.25) is 14.9 Å². The average Bonchev–Trinajstić information content (AvgIpc) is 3.12. The molecule has 0 atom stereocenters. The number of amides is 1. The summed E-state index contributed by atoms with van der Waals surface area (Å²) in [6.07, 6.45) is 0. The largest absolute Gasteiger partial charge is 0.377 e. The molecule has 0 saturated heterocycles. The Bertz CT molecular complexity index is 1010. The summed E-state index contributed by atoms with van der Waals surface area (Å²) >= 11 is 1.60. The van der Waals surface area contributed by atoms with Gasteiger partial charge >= 0.3 is 0 Å². The second kappa shape index (κ2) is 8.18. The average molecular weight is 396 g/mol. The lowest BCUT2D eigenvalue weighted by molar-refractivity contribution is -0.384. The highest BCUT2D eigenvalue weighted by Crippen LogP contribution is 2.25. The third-order valence-electron chi connectivity index (χ3n) is 4.24. The molecule has 0 spiro atoms. The van der Waals surface area contributed by atoms with Crippen LogP contribution in [-0.2, 0) is 6.54 Å². The third-order valence-corrected chi connectivity index (χ3v) is 5.01. The van der Waals surface area contributed by atoms with Gasteiger partial charge in [-0.2, -0.15) is 0 Å². The maximum absolute atomic E-state index is 12.6. The monoisotopic (exact) mass is 396 g/mol. The Labute approximate surface area is 166 Å². The first kappa shape index (κ1) is 19.5. The highest BCUT2D eigenvalue weighted by molar-refractivity contribution is 7.09. The molecule has 7 nitrogen and oxygen atoms in total. The Hall–Kier alpha value is -3.26. The zero-order valence-electron chi connectivity index (χ0n) is 15.8. The van der Waals surface area contributed by atoms with Crippen molar-refractivity contribution in [3.8, 4) is 11.3 Å². The van der Waals surface area contributed by atoms with Crippen LogP contribution >= 0.6 is 11.3 Å². The van der Waals surface area contributed by atoms with Gasteiger partial charge in [0.15, 0.2) is 0 Å². The maximum Gasteiger partial charge on any atom is 0.270 e.